The van der Waals surface area contributed by atoms with Crippen LogP contribution in [0, 0.1) is 11.8 Å². The third-order valence-electron chi connectivity index (χ3n) is 2.66. The summed E-state index contributed by atoms with van der Waals surface area (Å²) < 4.78 is 10.1. The molecule has 0 aliphatic heterocycles. The van der Waals surface area contributed by atoms with Crippen molar-refractivity contribution < 1.29 is 19.1 Å². The van der Waals surface area contributed by atoms with Crippen molar-refractivity contribution in [1.29, 1.82) is 0 Å². The summed E-state index contributed by atoms with van der Waals surface area (Å²) in [5, 5.41) is -1.81. The highest BCUT2D eigenvalue weighted by Crippen LogP contribution is 2.14. The minimum atomic E-state index is -0.906. The number of hydrogen-bond donors (Lipinski definition) is 2. The van der Waals surface area contributed by atoms with Crippen LogP contribution in [-0.2, 0) is 19.1 Å². The predicted octanol–water partition coefficient (Wildman–Crippen LogP) is 2.76. The molecule has 0 saturated carbocycles. The normalized spacial score (nSPS) is 14.2. The van der Waals surface area contributed by atoms with Crippen LogP contribution < -0.4 is 0 Å². The first-order valence-corrected chi connectivity index (χ1v) is 7.98. The predicted molar refractivity (Wildman–Crippen MR) is 86.4 cm³/mol. The molecule has 0 spiro atoms. The first-order chi connectivity index (χ1) is 9.25. The lowest BCUT2D eigenvalue weighted by molar-refractivity contribution is -0.149. The molecule has 0 saturated heterocycles. The highest BCUT2D eigenvalue weighted by molar-refractivity contribution is 7.86. The van der Waals surface area contributed by atoms with Crippen molar-refractivity contribution in [2.45, 2.75) is 51.0 Å². The topological polar surface area (TPSA) is 52.6 Å². The standard InChI is InChI=1S/C14H26O4S2/c1-9(2)5-7-17-13(15)11(19)12(20)14(16)18-8-6-10(3)4/h9-12,19-20H,5-8H2,1-4H3/t11-,12+. The summed E-state index contributed by atoms with van der Waals surface area (Å²) in [6, 6.07) is 0. The van der Waals surface area contributed by atoms with E-state index in [1.165, 1.54) is 0 Å². The molecule has 0 aromatic rings. The minimum absolute atomic E-state index is 0.330. The molecule has 0 aliphatic carbocycles. The van der Waals surface area contributed by atoms with Crippen molar-refractivity contribution >= 4 is 37.2 Å². The minimum Gasteiger partial charge on any atom is -0.465 e. The molecule has 0 unspecified atom stereocenters. The van der Waals surface area contributed by atoms with Gasteiger partial charge in [-0.1, -0.05) is 27.7 Å². The molecule has 0 bridgehead atoms. The molecule has 4 nitrogen and oxygen atoms in total. The van der Waals surface area contributed by atoms with Gasteiger partial charge in [-0.3, -0.25) is 9.59 Å². The van der Waals surface area contributed by atoms with Crippen LogP contribution in [0.4, 0.5) is 0 Å². The van der Waals surface area contributed by atoms with E-state index < -0.39 is 22.4 Å². The largest absolute Gasteiger partial charge is 0.465 e. The fourth-order valence-corrected chi connectivity index (χ4v) is 1.61. The molecule has 0 N–H and O–H groups in total. The number of esters is 2. The van der Waals surface area contributed by atoms with E-state index >= 15 is 0 Å². The maximum Gasteiger partial charge on any atom is 0.320 e. The zero-order chi connectivity index (χ0) is 15.7. The Hall–Kier alpha value is -0.360. The summed E-state index contributed by atoms with van der Waals surface area (Å²) in [6.45, 7) is 8.82. The average molecular weight is 322 g/mol. The molecule has 0 fully saturated rings. The summed E-state index contributed by atoms with van der Waals surface area (Å²) in [4.78, 5) is 23.4. The van der Waals surface area contributed by atoms with Crippen molar-refractivity contribution in [1.82, 2.24) is 0 Å². The number of hydrogen-bond acceptors (Lipinski definition) is 6. The summed E-state index contributed by atoms with van der Waals surface area (Å²) >= 11 is 8.19. The van der Waals surface area contributed by atoms with Gasteiger partial charge in [0.1, 0.15) is 10.5 Å². The molecular formula is C14H26O4S2. The Bertz CT molecular complexity index is 276. The molecule has 0 rings (SSSR count). The van der Waals surface area contributed by atoms with Gasteiger partial charge in [0.05, 0.1) is 13.2 Å². The van der Waals surface area contributed by atoms with Crippen LogP contribution in [0.5, 0.6) is 0 Å². The van der Waals surface area contributed by atoms with Crippen LogP contribution in [0.3, 0.4) is 0 Å². The highest BCUT2D eigenvalue weighted by Gasteiger charge is 2.30. The molecule has 118 valence electrons. The molecule has 6 heteroatoms. The van der Waals surface area contributed by atoms with Gasteiger partial charge in [-0.25, -0.2) is 0 Å². The molecule has 0 radical (unpaired) electrons. The average Bonchev–Trinajstić information content (AvgIpc) is 2.35. The maximum atomic E-state index is 11.7. The Labute approximate surface area is 132 Å². The lowest BCUT2D eigenvalue weighted by Gasteiger charge is -2.17. The monoisotopic (exact) mass is 322 g/mol. The Morgan fingerprint density at radius 3 is 1.35 bits per heavy atom. The number of ether oxygens (including phenoxy) is 2. The van der Waals surface area contributed by atoms with Gasteiger partial charge in [-0.15, -0.1) is 0 Å². The summed E-state index contributed by atoms with van der Waals surface area (Å²) in [7, 11) is 0. The smallest absolute Gasteiger partial charge is 0.320 e. The van der Waals surface area contributed by atoms with E-state index in [2.05, 4.69) is 25.3 Å². The molecule has 0 aliphatic rings. The van der Waals surface area contributed by atoms with E-state index in [1.807, 2.05) is 27.7 Å². The molecule has 0 aromatic carbocycles. The van der Waals surface area contributed by atoms with E-state index in [0.717, 1.165) is 12.8 Å². The van der Waals surface area contributed by atoms with E-state index in [-0.39, 0.29) is 0 Å². The summed E-state index contributed by atoms with van der Waals surface area (Å²) in [6.07, 6.45) is 1.56. The van der Waals surface area contributed by atoms with Gasteiger partial charge < -0.3 is 9.47 Å². The first kappa shape index (κ1) is 19.6. The molecule has 0 amide bonds. The summed E-state index contributed by atoms with van der Waals surface area (Å²) in [5.74, 6) is -0.160. The quantitative estimate of drug-likeness (QED) is 0.506. The van der Waals surface area contributed by atoms with E-state index in [0.29, 0.717) is 25.0 Å². The van der Waals surface area contributed by atoms with Gasteiger partial charge in [0.15, 0.2) is 0 Å². The third kappa shape index (κ3) is 8.74. The highest BCUT2D eigenvalue weighted by atomic mass is 32.1. The van der Waals surface area contributed by atoms with Crippen molar-refractivity contribution in [3.8, 4) is 0 Å². The third-order valence-corrected chi connectivity index (χ3v) is 3.91. The molecule has 20 heavy (non-hydrogen) atoms. The molecule has 0 aromatic heterocycles. The Balaban J connectivity index is 4.07. The van der Waals surface area contributed by atoms with Gasteiger partial charge in [-0.2, -0.15) is 25.3 Å². The molecular weight excluding hydrogens is 296 g/mol. The van der Waals surface area contributed by atoms with Crippen molar-refractivity contribution in [2.24, 2.45) is 11.8 Å². The van der Waals surface area contributed by atoms with Crippen LogP contribution in [-0.4, -0.2) is 35.7 Å². The Morgan fingerprint density at radius 2 is 1.10 bits per heavy atom. The van der Waals surface area contributed by atoms with Crippen LogP contribution >= 0.6 is 25.3 Å². The van der Waals surface area contributed by atoms with Crippen molar-refractivity contribution in [2.75, 3.05) is 13.2 Å². The van der Waals surface area contributed by atoms with Crippen LogP contribution in [0.1, 0.15) is 40.5 Å². The Kier molecular flexibility index (Phi) is 10.2. The zero-order valence-electron chi connectivity index (χ0n) is 12.7. The molecule has 2 atom stereocenters. The van der Waals surface area contributed by atoms with Gasteiger partial charge in [0.25, 0.3) is 0 Å². The number of carbonyl (C=O) groups is 2. The van der Waals surface area contributed by atoms with Gasteiger partial charge in [0, 0.05) is 0 Å². The second-order valence-electron chi connectivity index (χ2n) is 5.59. The van der Waals surface area contributed by atoms with Crippen molar-refractivity contribution in [3.05, 3.63) is 0 Å². The number of thiol groups is 2. The van der Waals surface area contributed by atoms with Crippen molar-refractivity contribution in [3.63, 3.8) is 0 Å². The second-order valence-corrected chi connectivity index (χ2v) is 6.70. The first-order valence-electron chi connectivity index (χ1n) is 6.95. The van der Waals surface area contributed by atoms with Crippen LogP contribution in [0.15, 0.2) is 0 Å². The van der Waals surface area contributed by atoms with Crippen LogP contribution in [0.25, 0.3) is 0 Å². The van der Waals surface area contributed by atoms with Crippen LogP contribution in [0.2, 0.25) is 0 Å². The zero-order valence-corrected chi connectivity index (χ0v) is 14.5. The SMILES string of the molecule is CC(C)CCOC(=O)[C@@H](S)[C@@H](S)C(=O)OCCC(C)C. The number of rotatable bonds is 9. The second kappa shape index (κ2) is 10.4. The maximum absolute atomic E-state index is 11.7. The van der Waals surface area contributed by atoms with E-state index in [1.54, 1.807) is 0 Å². The van der Waals surface area contributed by atoms with Gasteiger partial charge in [0.2, 0.25) is 0 Å². The van der Waals surface area contributed by atoms with Gasteiger partial charge >= 0.3 is 11.9 Å². The lowest BCUT2D eigenvalue weighted by Crippen LogP contribution is -2.35. The Morgan fingerprint density at radius 1 is 0.800 bits per heavy atom. The lowest BCUT2D eigenvalue weighted by atomic mass is 10.1. The fourth-order valence-electron chi connectivity index (χ4n) is 1.22. The van der Waals surface area contributed by atoms with E-state index in [9.17, 15) is 9.59 Å². The summed E-state index contributed by atoms with van der Waals surface area (Å²) in [5.41, 5.74) is 0. The fraction of sp³-hybridized carbons (Fsp3) is 0.857. The molecule has 0 heterocycles. The van der Waals surface area contributed by atoms with Gasteiger partial charge in [-0.05, 0) is 24.7 Å². The number of carbonyl (C=O) groups excluding carboxylic acids is 2. The van der Waals surface area contributed by atoms with E-state index in [4.69, 9.17) is 9.47 Å².